The quantitative estimate of drug-likeness (QED) is 0.0670. The van der Waals surface area contributed by atoms with Gasteiger partial charge in [-0.2, -0.15) is 19.9 Å². The molecule has 0 aliphatic rings. The van der Waals surface area contributed by atoms with E-state index in [1.54, 1.807) is 34.0 Å². The number of nitrogens with zero attached hydrogens (tertiary/aromatic N) is 8. The van der Waals surface area contributed by atoms with Gasteiger partial charge >= 0.3 is 0 Å². The molecular weight excluding hydrogens is 893 g/mol. The summed E-state index contributed by atoms with van der Waals surface area (Å²) in [6.45, 7) is 11.3. The molecule has 9 aromatic rings. The summed E-state index contributed by atoms with van der Waals surface area (Å²) in [5.74, 6) is 3.77. The van der Waals surface area contributed by atoms with Crippen molar-refractivity contribution in [1.82, 2.24) is 39.0 Å². The van der Waals surface area contributed by atoms with Gasteiger partial charge in [-0.25, -0.2) is 9.97 Å². The third-order valence-electron chi connectivity index (χ3n) is 12.3. The molecule has 0 spiro atoms. The van der Waals surface area contributed by atoms with E-state index < -0.39 is 0 Å². The van der Waals surface area contributed by atoms with Crippen LogP contribution in [0.3, 0.4) is 0 Å². The van der Waals surface area contributed by atoms with Crippen LogP contribution in [0.15, 0.2) is 97.1 Å². The number of nitrogens with two attached hydrogens (primary N) is 2. The maximum absolute atomic E-state index is 6.37. The highest BCUT2D eigenvalue weighted by Gasteiger charge is 2.25. The molecule has 0 fully saturated rings. The van der Waals surface area contributed by atoms with Gasteiger partial charge in [-0.15, -0.1) is 34.0 Å². The second-order valence-corrected chi connectivity index (χ2v) is 20.3. The number of fused-ring (bicyclic) bond motifs is 2. The highest BCUT2D eigenvalue weighted by atomic mass is 32.1. The average Bonchev–Trinajstić information content (AvgIpc) is 4.21. The van der Waals surface area contributed by atoms with Gasteiger partial charge in [0.15, 0.2) is 34.0 Å². The number of hydrogen-bond acceptors (Lipinski definition) is 13. The van der Waals surface area contributed by atoms with Crippen LogP contribution in [0.25, 0.3) is 63.2 Å². The van der Waals surface area contributed by atoms with Crippen molar-refractivity contribution in [2.24, 2.45) is 11.8 Å². The van der Waals surface area contributed by atoms with Crippen molar-refractivity contribution in [1.29, 1.82) is 0 Å². The number of thiophene rings is 3. The minimum atomic E-state index is 0.171. The lowest BCUT2D eigenvalue weighted by atomic mass is 9.99. The van der Waals surface area contributed by atoms with E-state index in [2.05, 4.69) is 83.2 Å². The normalized spacial score (nSPS) is 12.6. The van der Waals surface area contributed by atoms with E-state index in [-0.39, 0.29) is 11.9 Å². The molecule has 0 radical (unpaired) electrons. The standard InChI is InChI=1S/C52H58N10O2S3/c1-5-9-17-33(7-3)29-61-45(55-43-47(61)57-51(53)59-49(43)63-31-35-19-13-11-14-20-35)41-27-25-39(66-41)37-23-24-38(65-37)40-26-28-42(67-40)46-56-44-48(62(46)30-34(8-4)18-10-6-2)58-52(54)60-50(44)64-32-36-21-15-12-16-22-36/h11-16,19-28,33-34H,5-10,17-18,29-32H2,1-4H3,(H2,53,57,59)(H2,54,58,60). The first-order valence-corrected chi connectivity index (χ1v) is 26.0. The number of imidazole rings is 2. The number of benzene rings is 2. The van der Waals surface area contributed by atoms with Gasteiger partial charge in [0, 0.05) is 32.6 Å². The second-order valence-electron chi connectivity index (χ2n) is 17.1. The van der Waals surface area contributed by atoms with Crippen molar-refractivity contribution in [3.05, 3.63) is 108 Å². The molecule has 4 N–H and O–H groups in total. The van der Waals surface area contributed by atoms with Crippen molar-refractivity contribution in [2.75, 3.05) is 11.5 Å². The van der Waals surface area contributed by atoms with Crippen LogP contribution in [0.2, 0.25) is 0 Å². The van der Waals surface area contributed by atoms with Gasteiger partial charge in [0.2, 0.25) is 23.7 Å². The number of rotatable bonds is 22. The molecule has 2 unspecified atom stereocenters. The smallest absolute Gasteiger partial charge is 0.247 e. The summed E-state index contributed by atoms with van der Waals surface area (Å²) >= 11 is 5.26. The van der Waals surface area contributed by atoms with Crippen molar-refractivity contribution < 1.29 is 9.47 Å². The largest absolute Gasteiger partial charge is 0.471 e. The summed E-state index contributed by atoms with van der Waals surface area (Å²) in [6, 6.07) is 33.3. The predicted octanol–water partition coefficient (Wildman–Crippen LogP) is 13.6. The highest BCUT2D eigenvalue weighted by molar-refractivity contribution is 7.27. The van der Waals surface area contributed by atoms with E-state index in [1.807, 2.05) is 60.7 Å². The molecule has 0 saturated heterocycles. The third-order valence-corrected chi connectivity index (χ3v) is 15.9. The van der Waals surface area contributed by atoms with Crippen LogP contribution in [-0.4, -0.2) is 39.0 Å². The number of anilines is 2. The van der Waals surface area contributed by atoms with E-state index in [9.17, 15) is 0 Å². The van der Waals surface area contributed by atoms with Crippen LogP contribution in [0.5, 0.6) is 11.8 Å². The van der Waals surface area contributed by atoms with Crippen LogP contribution in [0, 0.1) is 11.8 Å². The maximum Gasteiger partial charge on any atom is 0.247 e. The fourth-order valence-electron chi connectivity index (χ4n) is 8.49. The van der Waals surface area contributed by atoms with Gasteiger partial charge < -0.3 is 30.1 Å². The average molecular weight is 951 g/mol. The zero-order valence-corrected chi connectivity index (χ0v) is 41.1. The van der Waals surface area contributed by atoms with Crippen molar-refractivity contribution >= 4 is 68.2 Å². The molecule has 0 bridgehead atoms. The van der Waals surface area contributed by atoms with E-state index in [0.29, 0.717) is 59.1 Å². The van der Waals surface area contributed by atoms with Crippen molar-refractivity contribution in [3.63, 3.8) is 0 Å². The molecule has 15 heteroatoms. The maximum atomic E-state index is 6.37. The number of hydrogen-bond donors (Lipinski definition) is 2. The Labute approximate surface area is 404 Å². The molecule has 0 aliphatic carbocycles. The van der Waals surface area contributed by atoms with Gasteiger partial charge in [-0.3, -0.25) is 0 Å². The summed E-state index contributed by atoms with van der Waals surface area (Å²) < 4.78 is 17.1. The minimum absolute atomic E-state index is 0.171. The van der Waals surface area contributed by atoms with Gasteiger partial charge in [0.25, 0.3) is 0 Å². The Morgan fingerprint density at radius 1 is 0.478 bits per heavy atom. The van der Waals surface area contributed by atoms with Crippen LogP contribution >= 0.6 is 34.0 Å². The third kappa shape index (κ3) is 10.4. The second kappa shape index (κ2) is 21.2. The number of nitrogen functional groups attached to an aromatic ring is 2. The highest BCUT2D eigenvalue weighted by Crippen LogP contribution is 2.44. The molecule has 67 heavy (non-hydrogen) atoms. The number of aromatic nitrogens is 8. The topological polar surface area (TPSA) is 158 Å². The molecule has 9 rings (SSSR count). The van der Waals surface area contributed by atoms with Crippen LogP contribution in [-0.2, 0) is 26.3 Å². The minimum Gasteiger partial charge on any atom is -0.471 e. The summed E-state index contributed by atoms with van der Waals surface area (Å²) in [7, 11) is 0. The van der Waals surface area contributed by atoms with Gasteiger partial charge in [0.05, 0.1) is 9.75 Å². The first-order chi connectivity index (χ1) is 32.8. The molecule has 12 nitrogen and oxygen atoms in total. The monoisotopic (exact) mass is 950 g/mol. The van der Waals surface area contributed by atoms with Gasteiger partial charge in [0.1, 0.15) is 13.2 Å². The first kappa shape index (κ1) is 46.0. The van der Waals surface area contributed by atoms with Crippen molar-refractivity contribution in [2.45, 2.75) is 105 Å². The number of ether oxygens (including phenoxy) is 2. The van der Waals surface area contributed by atoms with Crippen LogP contribution in [0.1, 0.15) is 90.2 Å². The Balaban J connectivity index is 1.03. The summed E-state index contributed by atoms with van der Waals surface area (Å²) in [6.07, 6.45) is 9.02. The molecule has 0 saturated carbocycles. The molecule has 0 amide bonds. The van der Waals surface area contributed by atoms with Gasteiger partial charge in [-0.05, 0) is 72.2 Å². The predicted molar refractivity (Wildman–Crippen MR) is 277 cm³/mol. The van der Waals surface area contributed by atoms with E-state index >= 15 is 0 Å². The molecule has 2 aromatic carbocycles. The Morgan fingerprint density at radius 3 is 1.22 bits per heavy atom. The Bertz CT molecular complexity index is 2840. The van der Waals surface area contributed by atoms with E-state index in [4.69, 9.17) is 40.9 Å². The molecule has 2 atom stereocenters. The molecule has 346 valence electrons. The van der Waals surface area contributed by atoms with Gasteiger partial charge in [-0.1, -0.05) is 127 Å². The van der Waals surface area contributed by atoms with Crippen LogP contribution in [0.4, 0.5) is 11.9 Å². The summed E-state index contributed by atoms with van der Waals surface area (Å²) in [5, 5.41) is 0. The molecule has 7 aromatic heterocycles. The Hall–Kier alpha value is -6.16. The summed E-state index contributed by atoms with van der Waals surface area (Å²) in [5.41, 5.74) is 17.5. The SMILES string of the molecule is CCCCC(CC)Cn1c(-c2ccc(-c3ccc(-c4ccc(-c5nc6c(OCc7ccccc7)nc(N)nc6n5CC(CC)CCCC)s4)s3)s2)nc2c(OCc3ccccc3)nc(N)nc21. The lowest BCUT2D eigenvalue weighted by Crippen LogP contribution is -2.12. The molecule has 0 aliphatic heterocycles. The Morgan fingerprint density at radius 2 is 0.851 bits per heavy atom. The lowest BCUT2D eigenvalue weighted by molar-refractivity contribution is 0.297. The number of unbranched alkanes of at least 4 members (excludes halogenated alkanes) is 2. The lowest BCUT2D eigenvalue weighted by Gasteiger charge is -2.17. The fourth-order valence-corrected chi connectivity index (χ4v) is 11.7. The molecular formula is C52H58N10O2S3. The molecule has 7 heterocycles. The summed E-state index contributed by atoms with van der Waals surface area (Å²) in [4.78, 5) is 35.9. The zero-order chi connectivity index (χ0) is 46.3. The van der Waals surface area contributed by atoms with Crippen LogP contribution < -0.4 is 20.9 Å². The first-order valence-electron chi connectivity index (χ1n) is 23.5. The van der Waals surface area contributed by atoms with E-state index in [0.717, 1.165) is 84.1 Å². The zero-order valence-electron chi connectivity index (χ0n) is 38.7. The fraction of sp³-hybridized carbons (Fsp3) is 0.346. The van der Waals surface area contributed by atoms with E-state index in [1.165, 1.54) is 32.4 Å². The Kier molecular flexibility index (Phi) is 14.6. The van der Waals surface area contributed by atoms with Crippen molar-refractivity contribution in [3.8, 4) is 52.7 Å².